The molecular formula is C16H16N2O4. The van der Waals surface area contributed by atoms with Gasteiger partial charge in [0.05, 0.1) is 18.7 Å². The summed E-state index contributed by atoms with van der Waals surface area (Å²) in [6.45, 7) is 0. The second-order valence-electron chi connectivity index (χ2n) is 6.05. The molecule has 1 N–H and O–H groups in total. The Bertz CT molecular complexity index is 699. The predicted octanol–water partition coefficient (Wildman–Crippen LogP) is 1.16. The molecule has 3 aliphatic rings. The van der Waals surface area contributed by atoms with E-state index in [2.05, 4.69) is 5.32 Å². The number of fused-ring (bicyclic) bond motifs is 6. The molecule has 3 heterocycles. The summed E-state index contributed by atoms with van der Waals surface area (Å²) >= 11 is 0. The van der Waals surface area contributed by atoms with E-state index in [1.54, 1.807) is 18.2 Å². The lowest BCUT2D eigenvalue weighted by Gasteiger charge is -2.39. The Morgan fingerprint density at radius 1 is 1.36 bits per heavy atom. The van der Waals surface area contributed by atoms with Gasteiger partial charge in [0, 0.05) is 30.5 Å². The summed E-state index contributed by atoms with van der Waals surface area (Å²) in [5, 5.41) is 2.99. The van der Waals surface area contributed by atoms with E-state index in [0.29, 0.717) is 18.4 Å². The van der Waals surface area contributed by atoms with Crippen LogP contribution in [0.4, 0.5) is 5.69 Å². The molecular weight excluding hydrogens is 284 g/mol. The van der Waals surface area contributed by atoms with Crippen LogP contribution in [0.5, 0.6) is 0 Å². The van der Waals surface area contributed by atoms with E-state index >= 15 is 0 Å². The van der Waals surface area contributed by atoms with Crippen LogP contribution in [-0.4, -0.2) is 30.9 Å². The van der Waals surface area contributed by atoms with Crippen molar-refractivity contribution < 1.29 is 19.1 Å². The first-order valence-electron chi connectivity index (χ1n) is 7.44. The van der Waals surface area contributed by atoms with Crippen LogP contribution < -0.4 is 10.2 Å². The fraction of sp³-hybridized carbons (Fsp3) is 0.438. The molecule has 22 heavy (non-hydrogen) atoms. The van der Waals surface area contributed by atoms with E-state index < -0.39 is 5.97 Å². The third kappa shape index (κ3) is 1.70. The molecule has 0 saturated carbocycles. The molecule has 0 aliphatic carbocycles. The summed E-state index contributed by atoms with van der Waals surface area (Å²) in [6.07, 6.45) is 1.73. The molecule has 6 nitrogen and oxygen atoms in total. The maximum Gasteiger partial charge on any atom is 0.337 e. The molecule has 0 bridgehead atoms. The SMILES string of the molecule is COC(=O)c1ccc2c(c1)[C@@H]1NC(=O)C[C@H]1[C@@H]1CCC(=O)N21. The third-order valence-corrected chi connectivity index (χ3v) is 4.96. The molecule has 3 aliphatic heterocycles. The van der Waals surface area contributed by atoms with E-state index in [1.165, 1.54) is 7.11 Å². The Morgan fingerprint density at radius 3 is 2.95 bits per heavy atom. The molecule has 0 unspecified atom stereocenters. The van der Waals surface area contributed by atoms with Gasteiger partial charge in [-0.3, -0.25) is 9.59 Å². The molecule has 2 saturated heterocycles. The van der Waals surface area contributed by atoms with Crippen LogP contribution >= 0.6 is 0 Å². The Kier molecular flexibility index (Phi) is 2.76. The van der Waals surface area contributed by atoms with Gasteiger partial charge in [-0.25, -0.2) is 4.79 Å². The van der Waals surface area contributed by atoms with Gasteiger partial charge < -0.3 is 15.0 Å². The van der Waals surface area contributed by atoms with E-state index in [9.17, 15) is 14.4 Å². The zero-order valence-electron chi connectivity index (χ0n) is 12.2. The van der Waals surface area contributed by atoms with Crippen LogP contribution in [0.3, 0.4) is 0 Å². The predicted molar refractivity (Wildman–Crippen MR) is 77.3 cm³/mol. The maximum absolute atomic E-state index is 12.2. The van der Waals surface area contributed by atoms with Gasteiger partial charge in [-0.05, 0) is 30.2 Å². The van der Waals surface area contributed by atoms with Crippen LogP contribution in [0.15, 0.2) is 18.2 Å². The van der Waals surface area contributed by atoms with Gasteiger partial charge in [0.1, 0.15) is 0 Å². The van der Waals surface area contributed by atoms with Gasteiger partial charge in [0.2, 0.25) is 11.8 Å². The van der Waals surface area contributed by atoms with Crippen molar-refractivity contribution >= 4 is 23.5 Å². The Labute approximate surface area is 127 Å². The van der Waals surface area contributed by atoms with Crippen molar-refractivity contribution in [2.75, 3.05) is 12.0 Å². The third-order valence-electron chi connectivity index (χ3n) is 4.96. The monoisotopic (exact) mass is 300 g/mol. The quantitative estimate of drug-likeness (QED) is 0.790. The number of esters is 1. The van der Waals surface area contributed by atoms with Gasteiger partial charge in [-0.15, -0.1) is 0 Å². The van der Waals surface area contributed by atoms with E-state index in [-0.39, 0.29) is 29.8 Å². The van der Waals surface area contributed by atoms with Crippen LogP contribution in [-0.2, 0) is 14.3 Å². The van der Waals surface area contributed by atoms with Crippen molar-refractivity contribution in [1.29, 1.82) is 0 Å². The number of amides is 2. The summed E-state index contributed by atoms with van der Waals surface area (Å²) in [5.41, 5.74) is 2.08. The minimum atomic E-state index is -0.418. The number of carbonyl (C=O) groups excluding carboxylic acids is 3. The number of rotatable bonds is 1. The molecule has 3 atom stereocenters. The van der Waals surface area contributed by atoms with Crippen LogP contribution in [0.1, 0.15) is 41.2 Å². The Balaban J connectivity index is 1.86. The van der Waals surface area contributed by atoms with Crippen LogP contribution in [0.2, 0.25) is 0 Å². The fourth-order valence-electron chi connectivity index (χ4n) is 4.03. The zero-order chi connectivity index (χ0) is 15.4. The number of hydrogen-bond acceptors (Lipinski definition) is 4. The standard InChI is InChI=1S/C16H16N2O4/c1-22-16(21)8-2-3-11-9(6-8)15-10(7-13(19)17-15)12-4-5-14(20)18(11)12/h2-3,6,10,12,15H,4-5,7H2,1H3,(H,17,19)/t10-,12-,15-/m0/s1. The zero-order valence-corrected chi connectivity index (χ0v) is 12.2. The van der Waals surface area contributed by atoms with Crippen LogP contribution in [0.25, 0.3) is 0 Å². The first-order chi connectivity index (χ1) is 10.6. The van der Waals surface area contributed by atoms with Gasteiger partial charge in [0.25, 0.3) is 0 Å². The van der Waals surface area contributed by atoms with Crippen molar-refractivity contribution in [2.45, 2.75) is 31.3 Å². The summed E-state index contributed by atoms with van der Waals surface area (Å²) in [4.78, 5) is 37.7. The number of carbonyl (C=O) groups is 3. The number of nitrogens with zero attached hydrogens (tertiary/aromatic N) is 1. The fourth-order valence-corrected chi connectivity index (χ4v) is 4.03. The molecule has 2 amide bonds. The molecule has 1 aromatic rings. The number of anilines is 1. The minimum absolute atomic E-state index is 0.00520. The van der Waals surface area contributed by atoms with Gasteiger partial charge in [-0.1, -0.05) is 0 Å². The summed E-state index contributed by atoms with van der Waals surface area (Å²) < 4.78 is 4.76. The highest BCUT2D eigenvalue weighted by molar-refractivity contribution is 6.00. The summed E-state index contributed by atoms with van der Waals surface area (Å²) in [6, 6.07) is 5.15. The highest BCUT2D eigenvalue weighted by atomic mass is 16.5. The largest absolute Gasteiger partial charge is 0.465 e. The maximum atomic E-state index is 12.2. The highest BCUT2D eigenvalue weighted by Gasteiger charge is 2.50. The minimum Gasteiger partial charge on any atom is -0.465 e. The molecule has 6 heteroatoms. The molecule has 0 aromatic heterocycles. The molecule has 0 spiro atoms. The van der Waals surface area contributed by atoms with Crippen molar-refractivity contribution in [3.8, 4) is 0 Å². The van der Waals surface area contributed by atoms with Crippen molar-refractivity contribution in [1.82, 2.24) is 5.32 Å². The molecule has 4 rings (SSSR count). The van der Waals surface area contributed by atoms with Crippen LogP contribution in [0, 0.1) is 5.92 Å². The van der Waals surface area contributed by atoms with Gasteiger partial charge >= 0.3 is 5.97 Å². The molecule has 114 valence electrons. The lowest BCUT2D eigenvalue weighted by atomic mass is 9.81. The molecule has 0 radical (unpaired) electrons. The van der Waals surface area contributed by atoms with Crippen molar-refractivity contribution in [3.05, 3.63) is 29.3 Å². The second-order valence-corrected chi connectivity index (χ2v) is 6.05. The number of ether oxygens (including phenoxy) is 1. The average molecular weight is 300 g/mol. The number of nitrogens with one attached hydrogen (secondary N) is 1. The summed E-state index contributed by atoms with van der Waals surface area (Å²) in [5.74, 6) is -0.238. The number of methoxy groups -OCH3 is 1. The Morgan fingerprint density at radius 2 is 2.18 bits per heavy atom. The van der Waals surface area contributed by atoms with Gasteiger partial charge in [0.15, 0.2) is 0 Å². The number of hydrogen-bond donors (Lipinski definition) is 1. The highest BCUT2D eigenvalue weighted by Crippen LogP contribution is 2.48. The first kappa shape index (κ1) is 13.3. The lowest BCUT2D eigenvalue weighted by Crippen LogP contribution is -2.45. The van der Waals surface area contributed by atoms with E-state index in [4.69, 9.17) is 4.74 Å². The first-order valence-corrected chi connectivity index (χ1v) is 7.44. The Hall–Kier alpha value is -2.37. The summed E-state index contributed by atoms with van der Waals surface area (Å²) in [7, 11) is 1.34. The topological polar surface area (TPSA) is 75.7 Å². The number of benzene rings is 1. The lowest BCUT2D eigenvalue weighted by molar-refractivity contribution is -0.120. The van der Waals surface area contributed by atoms with E-state index in [0.717, 1.165) is 17.7 Å². The molecule has 2 fully saturated rings. The second kappa shape index (κ2) is 4.56. The van der Waals surface area contributed by atoms with Gasteiger partial charge in [-0.2, -0.15) is 0 Å². The van der Waals surface area contributed by atoms with E-state index in [1.807, 2.05) is 4.90 Å². The smallest absolute Gasteiger partial charge is 0.337 e. The van der Waals surface area contributed by atoms with Crippen molar-refractivity contribution in [2.24, 2.45) is 5.92 Å². The van der Waals surface area contributed by atoms with Crippen molar-refractivity contribution in [3.63, 3.8) is 0 Å². The normalized spacial score (nSPS) is 28.8. The molecule has 1 aromatic carbocycles. The average Bonchev–Trinajstić information content (AvgIpc) is 3.09.